The van der Waals surface area contributed by atoms with Gasteiger partial charge in [-0.3, -0.25) is 9.50 Å². The van der Waals surface area contributed by atoms with E-state index in [2.05, 4.69) is 4.74 Å². The van der Waals surface area contributed by atoms with Crippen LogP contribution in [0, 0.1) is 0 Å². The molecule has 0 aliphatic rings. The van der Waals surface area contributed by atoms with Crippen molar-refractivity contribution in [2.75, 3.05) is 27.7 Å². The Labute approximate surface area is 60.3 Å². The number of nitrogens with zero attached hydrogens (tertiary/aromatic N) is 1. The quantitative estimate of drug-likeness (QED) is 0.542. The van der Waals surface area contributed by atoms with E-state index >= 15 is 0 Å². The standard InChI is InChI=1S/C6H13NO2.FH/c1-7(2)5-4-6(8)9-3;/h4-5H2,1-3H3;1H. The summed E-state index contributed by atoms with van der Waals surface area (Å²) in [4.78, 5) is 12.4. The number of halogens is 1. The Morgan fingerprint density at radius 3 is 2.30 bits per heavy atom. The molecule has 3 nitrogen and oxygen atoms in total. The summed E-state index contributed by atoms with van der Waals surface area (Å²) in [6, 6.07) is 0. The van der Waals surface area contributed by atoms with Crippen LogP contribution in [0.5, 0.6) is 0 Å². The molecule has 4 heteroatoms. The van der Waals surface area contributed by atoms with Crippen LogP contribution >= 0.6 is 0 Å². The molecule has 0 fully saturated rings. The van der Waals surface area contributed by atoms with Gasteiger partial charge in [0.2, 0.25) is 0 Å². The molecule has 0 aliphatic carbocycles. The van der Waals surface area contributed by atoms with Crippen LogP contribution in [0.1, 0.15) is 6.42 Å². The van der Waals surface area contributed by atoms with Crippen molar-refractivity contribution < 1.29 is 14.2 Å². The van der Waals surface area contributed by atoms with Gasteiger partial charge < -0.3 is 9.64 Å². The van der Waals surface area contributed by atoms with E-state index in [1.54, 1.807) is 0 Å². The molecule has 0 N–H and O–H groups in total. The van der Waals surface area contributed by atoms with Crippen LogP contribution in [-0.4, -0.2) is 38.6 Å². The smallest absolute Gasteiger partial charge is 0.306 e. The van der Waals surface area contributed by atoms with Crippen molar-refractivity contribution in [2.24, 2.45) is 0 Å². The number of ether oxygens (including phenoxy) is 1. The lowest BCUT2D eigenvalue weighted by Crippen LogP contribution is -2.17. The molecule has 0 rings (SSSR count). The first-order chi connectivity index (χ1) is 4.16. The number of carbonyl (C=O) groups excluding carboxylic acids is 1. The molecule has 0 heterocycles. The van der Waals surface area contributed by atoms with Gasteiger partial charge in [-0.2, -0.15) is 0 Å². The summed E-state index contributed by atoms with van der Waals surface area (Å²) in [6.45, 7) is 0.757. The Kier molecular flexibility index (Phi) is 7.82. The summed E-state index contributed by atoms with van der Waals surface area (Å²) in [5.41, 5.74) is 0. The Hall–Kier alpha value is -0.640. The predicted octanol–water partition coefficient (Wildman–Crippen LogP) is 0.264. The maximum atomic E-state index is 10.5. The van der Waals surface area contributed by atoms with Crippen molar-refractivity contribution in [1.29, 1.82) is 0 Å². The average Bonchev–Trinajstić information content (AvgIpc) is 1.83. The highest BCUT2D eigenvalue weighted by Crippen LogP contribution is 1.84. The van der Waals surface area contributed by atoms with Gasteiger partial charge in [0.05, 0.1) is 13.5 Å². The summed E-state index contributed by atoms with van der Waals surface area (Å²) in [5.74, 6) is -0.149. The molecule has 0 aromatic heterocycles. The number of hydrogen-bond donors (Lipinski definition) is 0. The third-order valence-electron chi connectivity index (χ3n) is 0.991. The van der Waals surface area contributed by atoms with Crippen LogP contribution in [-0.2, 0) is 9.53 Å². The van der Waals surface area contributed by atoms with Gasteiger partial charge in [0.15, 0.2) is 0 Å². The first kappa shape index (κ1) is 12.1. The van der Waals surface area contributed by atoms with Crippen molar-refractivity contribution in [2.45, 2.75) is 6.42 Å². The molecule has 0 spiro atoms. The van der Waals surface area contributed by atoms with Gasteiger partial charge in [0, 0.05) is 6.54 Å². The van der Waals surface area contributed by atoms with E-state index in [0.29, 0.717) is 6.42 Å². The minimum absolute atomic E-state index is 0. The van der Waals surface area contributed by atoms with Crippen molar-refractivity contribution in [3.8, 4) is 0 Å². The first-order valence-corrected chi connectivity index (χ1v) is 2.88. The lowest BCUT2D eigenvalue weighted by Gasteiger charge is -2.06. The van der Waals surface area contributed by atoms with E-state index in [-0.39, 0.29) is 10.7 Å². The third kappa shape index (κ3) is 7.36. The molecule has 0 aromatic carbocycles. The summed E-state index contributed by atoms with van der Waals surface area (Å²) < 4.78 is 4.43. The highest BCUT2D eigenvalue weighted by molar-refractivity contribution is 5.69. The molecule has 0 unspecified atom stereocenters. The molecule has 0 amide bonds. The van der Waals surface area contributed by atoms with Gasteiger partial charge in [-0.15, -0.1) is 0 Å². The van der Waals surface area contributed by atoms with Gasteiger partial charge in [-0.1, -0.05) is 0 Å². The SMILES string of the molecule is COC(=O)CCN(C)C.F. The zero-order valence-electron chi connectivity index (χ0n) is 6.59. The fourth-order valence-electron chi connectivity index (χ4n) is 0.417. The van der Waals surface area contributed by atoms with E-state index in [1.807, 2.05) is 19.0 Å². The van der Waals surface area contributed by atoms with Crippen LogP contribution in [0.25, 0.3) is 0 Å². The molecule has 10 heavy (non-hydrogen) atoms. The topological polar surface area (TPSA) is 29.5 Å². The van der Waals surface area contributed by atoms with E-state index < -0.39 is 0 Å². The van der Waals surface area contributed by atoms with Gasteiger partial charge in [-0.05, 0) is 14.1 Å². The molecule has 0 aliphatic heterocycles. The highest BCUT2D eigenvalue weighted by atomic mass is 19.0. The summed E-state index contributed by atoms with van der Waals surface area (Å²) in [7, 11) is 5.24. The summed E-state index contributed by atoms with van der Waals surface area (Å²) in [6.07, 6.45) is 0.476. The molecule has 0 saturated carbocycles. The molecule has 0 saturated heterocycles. The normalized spacial score (nSPS) is 8.80. The number of carbonyl (C=O) groups is 1. The zero-order chi connectivity index (χ0) is 7.28. The maximum Gasteiger partial charge on any atom is 0.306 e. The molecular formula is C6H14FNO2. The van der Waals surface area contributed by atoms with Gasteiger partial charge >= 0.3 is 5.97 Å². The highest BCUT2D eigenvalue weighted by Gasteiger charge is 1.98. The van der Waals surface area contributed by atoms with Crippen molar-refractivity contribution in [3.05, 3.63) is 0 Å². The number of rotatable bonds is 3. The summed E-state index contributed by atoms with van der Waals surface area (Å²) in [5, 5.41) is 0. The van der Waals surface area contributed by atoms with Crippen LogP contribution in [0.15, 0.2) is 0 Å². The Balaban J connectivity index is 0. The lowest BCUT2D eigenvalue weighted by molar-refractivity contribution is -0.140. The second kappa shape index (κ2) is 6.48. The second-order valence-electron chi connectivity index (χ2n) is 2.13. The molecule has 62 valence electrons. The van der Waals surface area contributed by atoms with Crippen LogP contribution in [0.4, 0.5) is 4.70 Å². The fourth-order valence-corrected chi connectivity index (χ4v) is 0.417. The molecular weight excluding hydrogens is 137 g/mol. The van der Waals surface area contributed by atoms with Crippen LogP contribution < -0.4 is 0 Å². The maximum absolute atomic E-state index is 10.5. The first-order valence-electron chi connectivity index (χ1n) is 2.88. The minimum Gasteiger partial charge on any atom is -0.469 e. The Morgan fingerprint density at radius 2 is 2.00 bits per heavy atom. The number of methoxy groups -OCH3 is 1. The average molecular weight is 151 g/mol. The van der Waals surface area contributed by atoms with Gasteiger partial charge in [0.1, 0.15) is 0 Å². The molecule has 0 radical (unpaired) electrons. The van der Waals surface area contributed by atoms with Gasteiger partial charge in [0.25, 0.3) is 0 Å². The zero-order valence-corrected chi connectivity index (χ0v) is 6.59. The van der Waals surface area contributed by atoms with Crippen molar-refractivity contribution in [3.63, 3.8) is 0 Å². The largest absolute Gasteiger partial charge is 0.469 e. The lowest BCUT2D eigenvalue weighted by atomic mass is 10.4. The second-order valence-corrected chi connectivity index (χ2v) is 2.13. The van der Waals surface area contributed by atoms with E-state index in [0.717, 1.165) is 6.54 Å². The minimum atomic E-state index is -0.149. The Bertz CT molecular complexity index is 95.7. The van der Waals surface area contributed by atoms with E-state index in [9.17, 15) is 4.79 Å². The predicted molar refractivity (Wildman–Crippen MR) is 37.7 cm³/mol. The number of esters is 1. The fraction of sp³-hybridized carbons (Fsp3) is 0.833. The molecule has 0 aromatic rings. The van der Waals surface area contributed by atoms with E-state index in [4.69, 9.17) is 0 Å². The van der Waals surface area contributed by atoms with Crippen LogP contribution in [0.2, 0.25) is 0 Å². The van der Waals surface area contributed by atoms with Crippen molar-refractivity contribution in [1.82, 2.24) is 4.90 Å². The monoisotopic (exact) mass is 151 g/mol. The van der Waals surface area contributed by atoms with Crippen molar-refractivity contribution >= 4 is 5.97 Å². The van der Waals surface area contributed by atoms with Gasteiger partial charge in [-0.25, -0.2) is 0 Å². The number of hydrogen-bond acceptors (Lipinski definition) is 3. The third-order valence-corrected chi connectivity index (χ3v) is 0.991. The summed E-state index contributed by atoms with van der Waals surface area (Å²) >= 11 is 0. The molecule has 0 bridgehead atoms. The van der Waals surface area contributed by atoms with Crippen LogP contribution in [0.3, 0.4) is 0 Å². The Morgan fingerprint density at radius 1 is 1.50 bits per heavy atom. The molecule has 0 atom stereocenters. The van der Waals surface area contributed by atoms with E-state index in [1.165, 1.54) is 7.11 Å².